The van der Waals surface area contributed by atoms with Gasteiger partial charge in [0.2, 0.25) is 0 Å². The molecule has 8 heteroatoms. The lowest BCUT2D eigenvalue weighted by Gasteiger charge is -2.33. The van der Waals surface area contributed by atoms with Gasteiger partial charge in [-0.25, -0.2) is 9.79 Å². The van der Waals surface area contributed by atoms with E-state index >= 15 is 0 Å². The summed E-state index contributed by atoms with van der Waals surface area (Å²) in [5, 5.41) is 3.03. The molecule has 2 aliphatic rings. The van der Waals surface area contributed by atoms with Crippen LogP contribution in [0.3, 0.4) is 0 Å². The van der Waals surface area contributed by atoms with Gasteiger partial charge in [-0.15, -0.1) is 6.42 Å². The highest BCUT2D eigenvalue weighted by atomic mass is 35.5. The van der Waals surface area contributed by atoms with Crippen LogP contribution in [0.1, 0.15) is 25.5 Å². The van der Waals surface area contributed by atoms with Crippen molar-refractivity contribution in [3.8, 4) is 23.8 Å². The van der Waals surface area contributed by atoms with E-state index in [2.05, 4.69) is 10.9 Å². The molecule has 2 heterocycles. The fourth-order valence-electron chi connectivity index (χ4n) is 3.05. The number of terminal acetylenes is 1. The van der Waals surface area contributed by atoms with Crippen molar-refractivity contribution in [2.24, 2.45) is 4.99 Å². The Labute approximate surface area is 173 Å². The first-order valence-corrected chi connectivity index (χ1v) is 9.79. The molecule has 6 nitrogen and oxygen atoms in total. The van der Waals surface area contributed by atoms with Crippen molar-refractivity contribution in [1.29, 1.82) is 0 Å². The number of carbonyl (C=O) groups excluding carboxylic acids is 1. The van der Waals surface area contributed by atoms with Gasteiger partial charge in [-0.2, -0.15) is 0 Å². The number of aliphatic imine (C=N–C) groups is 1. The number of amidine groups is 1. The first-order valence-electron chi connectivity index (χ1n) is 8.53. The normalized spacial score (nSPS) is 17.8. The van der Waals surface area contributed by atoms with Crippen molar-refractivity contribution in [1.82, 2.24) is 4.90 Å². The fourth-order valence-corrected chi connectivity index (χ4v) is 4.11. The number of esters is 1. The molecule has 1 atom stereocenters. The summed E-state index contributed by atoms with van der Waals surface area (Å²) in [6, 6.07) is 3.08. The average molecular weight is 419 g/mol. The van der Waals surface area contributed by atoms with Crippen LogP contribution in [0.2, 0.25) is 5.02 Å². The van der Waals surface area contributed by atoms with E-state index in [1.165, 1.54) is 18.9 Å². The number of benzene rings is 1. The summed E-state index contributed by atoms with van der Waals surface area (Å²) >= 11 is 7.94. The summed E-state index contributed by atoms with van der Waals surface area (Å²) in [5.41, 5.74) is 1.80. The number of thioether (sulfide) groups is 1. The highest BCUT2D eigenvalue weighted by molar-refractivity contribution is 8.16. The summed E-state index contributed by atoms with van der Waals surface area (Å²) in [4.78, 5) is 19.2. The van der Waals surface area contributed by atoms with Crippen LogP contribution in [0.4, 0.5) is 0 Å². The predicted molar refractivity (Wildman–Crippen MR) is 110 cm³/mol. The fraction of sp³-hybridized carbons (Fsp3) is 0.300. The zero-order valence-electron chi connectivity index (χ0n) is 15.7. The van der Waals surface area contributed by atoms with Gasteiger partial charge in [0, 0.05) is 6.20 Å². The second-order valence-corrected chi connectivity index (χ2v) is 7.13. The van der Waals surface area contributed by atoms with Crippen LogP contribution in [-0.2, 0) is 9.53 Å². The van der Waals surface area contributed by atoms with Crippen molar-refractivity contribution in [2.75, 3.05) is 20.3 Å². The van der Waals surface area contributed by atoms with Crippen LogP contribution < -0.4 is 9.47 Å². The van der Waals surface area contributed by atoms with E-state index in [9.17, 15) is 4.79 Å². The first kappa shape index (κ1) is 20.2. The maximum atomic E-state index is 12.7. The molecular weight excluding hydrogens is 400 g/mol. The van der Waals surface area contributed by atoms with Gasteiger partial charge in [-0.05, 0) is 37.0 Å². The second-order valence-electron chi connectivity index (χ2n) is 5.85. The number of fused-ring (bicyclic) bond motifs is 1. The molecular formula is C20H19ClN2O4S. The summed E-state index contributed by atoms with van der Waals surface area (Å²) in [7, 11) is 1.52. The smallest absolute Gasteiger partial charge is 0.338 e. The molecule has 0 saturated heterocycles. The number of hydrogen-bond acceptors (Lipinski definition) is 7. The molecule has 0 aromatic heterocycles. The van der Waals surface area contributed by atoms with Gasteiger partial charge in [-0.3, -0.25) is 0 Å². The van der Waals surface area contributed by atoms with Gasteiger partial charge < -0.3 is 19.1 Å². The Bertz CT molecular complexity index is 933. The third-order valence-electron chi connectivity index (χ3n) is 4.18. The summed E-state index contributed by atoms with van der Waals surface area (Å²) in [5.74, 6) is 2.78. The monoisotopic (exact) mass is 418 g/mol. The molecule has 0 fully saturated rings. The number of ether oxygens (including phenoxy) is 3. The third-order valence-corrected chi connectivity index (χ3v) is 5.23. The molecule has 28 heavy (non-hydrogen) atoms. The largest absolute Gasteiger partial charge is 0.493 e. The molecule has 0 radical (unpaired) electrons. The number of hydrogen-bond donors (Lipinski definition) is 0. The van der Waals surface area contributed by atoms with Gasteiger partial charge >= 0.3 is 5.97 Å². The van der Waals surface area contributed by atoms with E-state index in [-0.39, 0.29) is 13.2 Å². The van der Waals surface area contributed by atoms with E-state index in [1.54, 1.807) is 26.0 Å². The van der Waals surface area contributed by atoms with Crippen molar-refractivity contribution >= 4 is 34.5 Å². The highest BCUT2D eigenvalue weighted by Gasteiger charge is 2.38. The maximum absolute atomic E-state index is 12.7. The van der Waals surface area contributed by atoms with E-state index in [0.29, 0.717) is 27.8 Å². The Morgan fingerprint density at radius 1 is 1.46 bits per heavy atom. The van der Waals surface area contributed by atoms with E-state index < -0.39 is 12.0 Å². The predicted octanol–water partition coefficient (Wildman–Crippen LogP) is 4.13. The third kappa shape index (κ3) is 3.71. The van der Waals surface area contributed by atoms with Crippen LogP contribution >= 0.6 is 23.4 Å². The standard InChI is InChI=1S/C20H19ClN2O4S/c1-5-8-27-18-14(21)10-13(11-15(18)25-4)17-16(19(24)26-6-2)12(3)22-20-23(17)7-9-28-20/h1,7,9-11,17H,6,8H2,2-4H3. The molecule has 1 aromatic carbocycles. The molecule has 0 N–H and O–H groups in total. The van der Waals surface area contributed by atoms with E-state index in [4.69, 9.17) is 32.2 Å². The molecule has 0 spiro atoms. The summed E-state index contributed by atoms with van der Waals surface area (Å²) in [6.07, 6.45) is 7.15. The molecule has 3 rings (SSSR count). The van der Waals surface area contributed by atoms with Gasteiger partial charge in [0.15, 0.2) is 16.7 Å². The quantitative estimate of drug-likeness (QED) is 0.511. The van der Waals surface area contributed by atoms with Crippen LogP contribution in [0, 0.1) is 12.3 Å². The molecule has 0 bridgehead atoms. The van der Waals surface area contributed by atoms with Crippen molar-refractivity contribution in [3.05, 3.63) is 45.6 Å². The average Bonchev–Trinajstić information content (AvgIpc) is 3.13. The summed E-state index contributed by atoms with van der Waals surface area (Å²) < 4.78 is 16.3. The Morgan fingerprint density at radius 2 is 2.25 bits per heavy atom. The van der Waals surface area contributed by atoms with Gasteiger partial charge in [0.25, 0.3) is 0 Å². The lowest BCUT2D eigenvalue weighted by Crippen LogP contribution is -2.34. The number of rotatable bonds is 6. The molecule has 2 aliphatic heterocycles. The SMILES string of the molecule is C#CCOc1c(Cl)cc(C2C(C(=O)OCC)=C(C)N=C3SC=CN32)cc1OC. The number of methoxy groups -OCH3 is 1. The molecule has 0 aliphatic carbocycles. The molecule has 146 valence electrons. The van der Waals surface area contributed by atoms with E-state index in [1.807, 2.05) is 16.5 Å². The Hall–Kier alpha value is -2.56. The number of nitrogens with zero attached hydrogens (tertiary/aromatic N) is 2. The van der Waals surface area contributed by atoms with Crippen LogP contribution in [0.25, 0.3) is 0 Å². The Balaban J connectivity index is 2.12. The van der Waals surface area contributed by atoms with Crippen LogP contribution in [0.5, 0.6) is 11.5 Å². The highest BCUT2D eigenvalue weighted by Crippen LogP contribution is 2.45. The number of allylic oxidation sites excluding steroid dienone is 1. The summed E-state index contributed by atoms with van der Waals surface area (Å²) in [6.45, 7) is 3.90. The minimum Gasteiger partial charge on any atom is -0.493 e. The minimum absolute atomic E-state index is 0.0637. The molecule has 1 aromatic rings. The zero-order valence-corrected chi connectivity index (χ0v) is 17.3. The minimum atomic E-state index is -0.453. The molecule has 0 saturated carbocycles. The lowest BCUT2D eigenvalue weighted by atomic mass is 9.94. The van der Waals surface area contributed by atoms with Crippen molar-refractivity contribution in [2.45, 2.75) is 19.9 Å². The first-order chi connectivity index (χ1) is 13.5. The Morgan fingerprint density at radius 3 is 2.93 bits per heavy atom. The van der Waals surface area contributed by atoms with E-state index in [0.717, 1.165) is 10.7 Å². The topological polar surface area (TPSA) is 60.4 Å². The maximum Gasteiger partial charge on any atom is 0.338 e. The lowest BCUT2D eigenvalue weighted by molar-refractivity contribution is -0.139. The molecule has 0 amide bonds. The van der Waals surface area contributed by atoms with Crippen LogP contribution in [0.15, 0.2) is 40.0 Å². The van der Waals surface area contributed by atoms with Crippen molar-refractivity contribution in [3.63, 3.8) is 0 Å². The molecule has 1 unspecified atom stereocenters. The van der Waals surface area contributed by atoms with Gasteiger partial charge in [-0.1, -0.05) is 29.3 Å². The van der Waals surface area contributed by atoms with Crippen LogP contribution in [-0.4, -0.2) is 36.4 Å². The Kier molecular flexibility index (Phi) is 6.22. The van der Waals surface area contributed by atoms with Crippen molar-refractivity contribution < 1.29 is 19.0 Å². The second kappa shape index (κ2) is 8.63. The van der Waals surface area contributed by atoms with Gasteiger partial charge in [0.1, 0.15) is 6.61 Å². The number of carbonyl (C=O) groups is 1. The zero-order chi connectivity index (χ0) is 20.3. The van der Waals surface area contributed by atoms with Gasteiger partial charge in [0.05, 0.1) is 36.1 Å². The number of halogens is 1.